The second-order valence-electron chi connectivity index (χ2n) is 5.93. The van der Waals surface area contributed by atoms with Crippen LogP contribution in [0.5, 0.6) is 0 Å². The molecule has 2 rings (SSSR count). The summed E-state index contributed by atoms with van der Waals surface area (Å²) >= 11 is 1.45. The molecule has 0 saturated carbocycles. The molecule has 0 spiro atoms. The molecular weight excluding hydrogens is 296 g/mol. The van der Waals surface area contributed by atoms with E-state index < -0.39 is 0 Å². The highest BCUT2D eigenvalue weighted by Gasteiger charge is 2.28. The lowest BCUT2D eigenvalue weighted by Crippen LogP contribution is -2.46. The van der Waals surface area contributed by atoms with E-state index in [4.69, 9.17) is 5.73 Å². The van der Waals surface area contributed by atoms with E-state index in [-0.39, 0.29) is 5.91 Å². The Bertz CT molecular complexity index is 464. The molecule has 1 aromatic heterocycles. The van der Waals surface area contributed by atoms with Crippen molar-refractivity contribution < 1.29 is 4.79 Å². The van der Waals surface area contributed by atoms with Gasteiger partial charge >= 0.3 is 0 Å². The van der Waals surface area contributed by atoms with Gasteiger partial charge < -0.3 is 11.1 Å². The average Bonchev–Trinajstić information content (AvgIpc) is 3.22. The summed E-state index contributed by atoms with van der Waals surface area (Å²) in [5, 5.41) is 5.68. The van der Waals surface area contributed by atoms with Crippen LogP contribution in [0.3, 0.4) is 0 Å². The van der Waals surface area contributed by atoms with Crippen LogP contribution < -0.4 is 11.1 Å². The zero-order valence-corrected chi connectivity index (χ0v) is 14.5. The number of hydrogen-bond acceptors (Lipinski definition) is 5. The largest absolute Gasteiger partial charge is 0.349 e. The lowest BCUT2D eigenvalue weighted by molar-refractivity contribution is 0.0913. The van der Waals surface area contributed by atoms with Gasteiger partial charge in [0.25, 0.3) is 5.91 Å². The molecule has 1 amide bonds. The molecule has 1 unspecified atom stereocenters. The first-order valence-corrected chi connectivity index (χ1v) is 9.24. The molecule has 22 heavy (non-hydrogen) atoms. The molecular formula is C16H28N4OS. The first-order chi connectivity index (χ1) is 10.7. The van der Waals surface area contributed by atoms with Gasteiger partial charge in [-0.05, 0) is 31.8 Å². The number of likely N-dealkylation sites (tertiary alicyclic amines) is 1. The van der Waals surface area contributed by atoms with Gasteiger partial charge in [-0.15, -0.1) is 11.3 Å². The maximum atomic E-state index is 12.3. The molecule has 2 heterocycles. The highest BCUT2D eigenvalue weighted by molar-refractivity contribution is 7.09. The Hall–Kier alpha value is -0.980. The molecule has 1 aliphatic heterocycles. The summed E-state index contributed by atoms with van der Waals surface area (Å²) in [6.45, 7) is 7.90. The van der Waals surface area contributed by atoms with Crippen LogP contribution in [0.4, 0.5) is 0 Å². The van der Waals surface area contributed by atoms with Crippen LogP contribution in [-0.2, 0) is 6.54 Å². The summed E-state index contributed by atoms with van der Waals surface area (Å²) in [6, 6.07) is 0.439. The number of aromatic nitrogens is 1. The van der Waals surface area contributed by atoms with Crippen LogP contribution in [0.15, 0.2) is 5.38 Å². The van der Waals surface area contributed by atoms with Gasteiger partial charge in [0.05, 0.1) is 0 Å². The summed E-state index contributed by atoms with van der Waals surface area (Å²) in [5.41, 5.74) is 6.05. The summed E-state index contributed by atoms with van der Waals surface area (Å²) in [7, 11) is 0. The highest BCUT2D eigenvalue weighted by atomic mass is 32.1. The fourth-order valence-electron chi connectivity index (χ4n) is 3.30. The number of amides is 1. The van der Waals surface area contributed by atoms with Gasteiger partial charge in [-0.25, -0.2) is 4.98 Å². The van der Waals surface area contributed by atoms with Crippen molar-refractivity contribution in [3.63, 3.8) is 0 Å². The van der Waals surface area contributed by atoms with Crippen LogP contribution >= 0.6 is 11.3 Å². The van der Waals surface area contributed by atoms with Crippen LogP contribution in [0, 0.1) is 5.92 Å². The maximum absolute atomic E-state index is 12.3. The molecule has 1 fully saturated rings. The van der Waals surface area contributed by atoms with Crippen molar-refractivity contribution in [3.05, 3.63) is 16.1 Å². The Balaban J connectivity index is 1.96. The Morgan fingerprint density at radius 2 is 2.09 bits per heavy atom. The molecule has 0 bridgehead atoms. The summed E-state index contributed by atoms with van der Waals surface area (Å²) in [5.74, 6) is 0.555. The van der Waals surface area contributed by atoms with E-state index in [0.29, 0.717) is 30.7 Å². The zero-order valence-electron chi connectivity index (χ0n) is 13.7. The van der Waals surface area contributed by atoms with E-state index in [9.17, 15) is 4.79 Å². The van der Waals surface area contributed by atoms with Crippen molar-refractivity contribution in [2.24, 2.45) is 11.7 Å². The van der Waals surface area contributed by atoms with Crippen molar-refractivity contribution >= 4 is 17.2 Å². The molecule has 1 aromatic rings. The van der Waals surface area contributed by atoms with Crippen LogP contribution in [0.1, 0.15) is 55.0 Å². The minimum absolute atomic E-state index is 0.0777. The molecule has 0 aromatic carbocycles. The third kappa shape index (κ3) is 4.27. The minimum atomic E-state index is -0.0777. The molecule has 3 N–H and O–H groups in total. The Morgan fingerprint density at radius 1 is 1.41 bits per heavy atom. The van der Waals surface area contributed by atoms with E-state index in [0.717, 1.165) is 30.9 Å². The fraction of sp³-hybridized carbons (Fsp3) is 0.750. The fourth-order valence-corrected chi connectivity index (χ4v) is 3.95. The lowest BCUT2D eigenvalue weighted by Gasteiger charge is -2.33. The van der Waals surface area contributed by atoms with E-state index in [1.54, 1.807) is 5.38 Å². The van der Waals surface area contributed by atoms with Gasteiger partial charge in [-0.2, -0.15) is 0 Å². The third-order valence-electron chi connectivity index (χ3n) is 4.63. The third-order valence-corrected chi connectivity index (χ3v) is 5.50. The van der Waals surface area contributed by atoms with E-state index in [2.05, 4.69) is 29.0 Å². The Kier molecular flexibility index (Phi) is 6.79. The molecule has 1 atom stereocenters. The smallest absolute Gasteiger partial charge is 0.270 e. The number of hydrogen-bond donors (Lipinski definition) is 2. The number of nitrogens with one attached hydrogen (secondary N) is 1. The summed E-state index contributed by atoms with van der Waals surface area (Å²) in [4.78, 5) is 19.1. The van der Waals surface area contributed by atoms with Crippen LogP contribution in [0.25, 0.3) is 0 Å². The molecule has 6 heteroatoms. The minimum Gasteiger partial charge on any atom is -0.349 e. The first kappa shape index (κ1) is 17.4. The second-order valence-corrected chi connectivity index (χ2v) is 6.87. The molecule has 124 valence electrons. The van der Waals surface area contributed by atoms with E-state index in [1.807, 2.05) is 0 Å². The summed E-state index contributed by atoms with van der Waals surface area (Å²) < 4.78 is 0. The van der Waals surface area contributed by atoms with Crippen LogP contribution in [-0.4, -0.2) is 41.5 Å². The monoisotopic (exact) mass is 324 g/mol. The number of nitrogens with two attached hydrogens (primary N) is 1. The van der Waals surface area contributed by atoms with Gasteiger partial charge in [-0.3, -0.25) is 9.69 Å². The maximum Gasteiger partial charge on any atom is 0.270 e. The highest BCUT2D eigenvalue weighted by Crippen LogP contribution is 2.22. The number of rotatable bonds is 8. The van der Waals surface area contributed by atoms with Gasteiger partial charge in [0.15, 0.2) is 0 Å². The topological polar surface area (TPSA) is 71.2 Å². The van der Waals surface area contributed by atoms with Gasteiger partial charge in [0.1, 0.15) is 10.7 Å². The molecule has 5 nitrogen and oxygen atoms in total. The summed E-state index contributed by atoms with van der Waals surface area (Å²) in [6.07, 6.45) is 4.86. The van der Waals surface area contributed by atoms with Crippen molar-refractivity contribution in [2.75, 3.05) is 19.6 Å². The number of carbonyl (C=O) groups is 1. The van der Waals surface area contributed by atoms with Crippen molar-refractivity contribution in [1.82, 2.24) is 15.2 Å². The lowest BCUT2D eigenvalue weighted by atomic mass is 9.93. The standard InChI is InChI=1S/C16H28N4OS/c1-3-12(4-2)14(20-7-5-6-8-20)10-18-16(21)13-11-22-15(9-17)19-13/h11-12,14H,3-10,17H2,1-2H3,(H,18,21). The number of carbonyl (C=O) groups excluding carboxylic acids is 1. The predicted molar refractivity (Wildman–Crippen MR) is 91.0 cm³/mol. The van der Waals surface area contributed by atoms with Crippen molar-refractivity contribution in [1.29, 1.82) is 0 Å². The Morgan fingerprint density at radius 3 is 2.64 bits per heavy atom. The van der Waals surface area contributed by atoms with Gasteiger partial charge in [-0.1, -0.05) is 26.7 Å². The number of nitrogens with zero attached hydrogens (tertiary/aromatic N) is 2. The molecule has 0 radical (unpaired) electrons. The average molecular weight is 324 g/mol. The molecule has 0 aliphatic carbocycles. The van der Waals surface area contributed by atoms with Crippen LogP contribution in [0.2, 0.25) is 0 Å². The molecule has 1 saturated heterocycles. The van der Waals surface area contributed by atoms with Gasteiger partial charge in [0.2, 0.25) is 0 Å². The quantitative estimate of drug-likeness (QED) is 0.769. The zero-order chi connectivity index (χ0) is 15.9. The number of thiazole rings is 1. The van der Waals surface area contributed by atoms with Crippen molar-refractivity contribution in [3.8, 4) is 0 Å². The van der Waals surface area contributed by atoms with E-state index >= 15 is 0 Å². The van der Waals surface area contributed by atoms with Crippen molar-refractivity contribution in [2.45, 2.75) is 52.1 Å². The van der Waals surface area contributed by atoms with E-state index in [1.165, 1.54) is 24.2 Å². The SMILES string of the molecule is CCC(CC)C(CNC(=O)c1csc(CN)n1)N1CCCC1. The first-order valence-electron chi connectivity index (χ1n) is 8.36. The van der Waals surface area contributed by atoms with Gasteiger partial charge in [0, 0.05) is 24.5 Å². The predicted octanol–water partition coefficient (Wildman–Crippen LogP) is 2.23. The molecule has 1 aliphatic rings. The normalized spacial score (nSPS) is 17.1. The Labute approximate surface area is 137 Å². The second kappa shape index (κ2) is 8.60.